The van der Waals surface area contributed by atoms with Gasteiger partial charge in [0.25, 0.3) is 0 Å². The van der Waals surface area contributed by atoms with Crippen LogP contribution in [-0.4, -0.2) is 45.6 Å². The summed E-state index contributed by atoms with van der Waals surface area (Å²) in [5, 5.41) is 4.72. The van der Waals surface area contributed by atoms with Crippen LogP contribution >= 0.6 is 34.5 Å². The predicted octanol–water partition coefficient (Wildman–Crippen LogP) is 5.26. The molecule has 0 amide bonds. The van der Waals surface area contributed by atoms with E-state index >= 15 is 0 Å². The third-order valence-corrected chi connectivity index (χ3v) is 9.73. The van der Waals surface area contributed by atoms with Crippen molar-refractivity contribution in [1.82, 2.24) is 14.7 Å². The third kappa shape index (κ3) is 5.89. The Morgan fingerprint density at radius 2 is 1.73 bits per heavy atom. The van der Waals surface area contributed by atoms with E-state index in [1.807, 2.05) is 43.3 Å². The first kappa shape index (κ1) is 24.5. The van der Waals surface area contributed by atoms with Crippen molar-refractivity contribution < 1.29 is 8.42 Å². The van der Waals surface area contributed by atoms with Crippen molar-refractivity contribution in [2.75, 3.05) is 37.4 Å². The van der Waals surface area contributed by atoms with Crippen LogP contribution in [0.2, 0.25) is 9.36 Å². The van der Waals surface area contributed by atoms with Crippen LogP contribution in [0.5, 0.6) is 0 Å². The molecule has 0 atom stereocenters. The summed E-state index contributed by atoms with van der Waals surface area (Å²) in [6.07, 6.45) is 4.01. The average Bonchev–Trinajstić information content (AvgIpc) is 3.15. The van der Waals surface area contributed by atoms with E-state index in [0.29, 0.717) is 24.3 Å². The highest BCUT2D eigenvalue weighted by Crippen LogP contribution is 2.35. The molecule has 0 radical (unpaired) electrons. The SMILES string of the molecule is CN(C)c1nc(NCC2CCC(CNS(=O)(=O)c3cc(Cl)c(Cl)s3)CC2)nc2ccccc12. The second-order valence-corrected chi connectivity index (χ2v) is 12.6. The van der Waals surface area contributed by atoms with Crippen LogP contribution in [0.1, 0.15) is 25.7 Å². The summed E-state index contributed by atoms with van der Waals surface area (Å²) in [4.78, 5) is 11.4. The zero-order valence-corrected chi connectivity index (χ0v) is 21.7. The van der Waals surface area contributed by atoms with E-state index in [4.69, 9.17) is 28.2 Å². The summed E-state index contributed by atoms with van der Waals surface area (Å²) < 4.78 is 28.1. The van der Waals surface area contributed by atoms with Gasteiger partial charge in [-0.2, -0.15) is 4.98 Å². The van der Waals surface area contributed by atoms with Gasteiger partial charge in [0, 0.05) is 32.6 Å². The van der Waals surface area contributed by atoms with E-state index in [0.717, 1.165) is 60.3 Å². The maximum Gasteiger partial charge on any atom is 0.250 e. The Morgan fingerprint density at radius 1 is 1.06 bits per heavy atom. The van der Waals surface area contributed by atoms with Crippen LogP contribution in [0.3, 0.4) is 0 Å². The number of benzene rings is 1. The molecule has 0 saturated heterocycles. The number of rotatable bonds is 8. The van der Waals surface area contributed by atoms with Gasteiger partial charge in [0.1, 0.15) is 14.4 Å². The van der Waals surface area contributed by atoms with Crippen LogP contribution in [0.15, 0.2) is 34.5 Å². The van der Waals surface area contributed by atoms with Gasteiger partial charge in [-0.25, -0.2) is 18.1 Å². The number of hydrogen-bond acceptors (Lipinski definition) is 7. The van der Waals surface area contributed by atoms with E-state index < -0.39 is 10.0 Å². The second kappa shape index (κ2) is 10.3. The molecule has 1 saturated carbocycles. The Bertz CT molecular complexity index is 1210. The summed E-state index contributed by atoms with van der Waals surface area (Å²) in [6.45, 7) is 1.23. The fourth-order valence-corrected chi connectivity index (χ4v) is 7.15. The molecule has 0 bridgehead atoms. The lowest BCUT2D eigenvalue weighted by Gasteiger charge is -2.28. The van der Waals surface area contributed by atoms with Gasteiger partial charge in [-0.05, 0) is 55.7 Å². The van der Waals surface area contributed by atoms with Crippen LogP contribution in [-0.2, 0) is 10.0 Å². The molecule has 2 aromatic heterocycles. The Labute approximate surface area is 208 Å². The van der Waals surface area contributed by atoms with Crippen molar-refractivity contribution in [3.05, 3.63) is 39.7 Å². The number of para-hydroxylation sites is 1. The van der Waals surface area contributed by atoms with Gasteiger partial charge in [0.05, 0.1) is 10.5 Å². The van der Waals surface area contributed by atoms with E-state index in [1.54, 1.807) is 0 Å². The van der Waals surface area contributed by atoms with Crippen molar-refractivity contribution in [1.29, 1.82) is 0 Å². The number of anilines is 2. The fraction of sp³-hybridized carbons (Fsp3) is 0.455. The molecular formula is C22H27Cl2N5O2S2. The molecule has 0 spiro atoms. The number of sulfonamides is 1. The summed E-state index contributed by atoms with van der Waals surface area (Å²) in [6, 6.07) is 9.41. The van der Waals surface area contributed by atoms with Gasteiger partial charge in [-0.15, -0.1) is 11.3 Å². The smallest absolute Gasteiger partial charge is 0.250 e. The van der Waals surface area contributed by atoms with E-state index in [9.17, 15) is 8.42 Å². The minimum absolute atomic E-state index is 0.155. The van der Waals surface area contributed by atoms with E-state index in [1.165, 1.54) is 6.07 Å². The van der Waals surface area contributed by atoms with Gasteiger partial charge < -0.3 is 10.2 Å². The predicted molar refractivity (Wildman–Crippen MR) is 137 cm³/mol. The monoisotopic (exact) mass is 527 g/mol. The molecular weight excluding hydrogens is 501 g/mol. The summed E-state index contributed by atoms with van der Waals surface area (Å²) in [7, 11) is 0.380. The average molecular weight is 529 g/mol. The molecule has 3 aromatic rings. The highest BCUT2D eigenvalue weighted by molar-refractivity contribution is 7.91. The Hall–Kier alpha value is -1.65. The number of fused-ring (bicyclic) bond motifs is 1. The first-order valence-corrected chi connectivity index (χ1v) is 13.9. The molecule has 2 heterocycles. The number of nitrogens with one attached hydrogen (secondary N) is 2. The molecule has 7 nitrogen and oxygen atoms in total. The lowest BCUT2D eigenvalue weighted by atomic mass is 9.82. The molecule has 2 N–H and O–H groups in total. The second-order valence-electron chi connectivity index (χ2n) is 8.59. The molecule has 1 aromatic carbocycles. The van der Waals surface area contributed by atoms with Crippen molar-refractivity contribution in [3.63, 3.8) is 0 Å². The van der Waals surface area contributed by atoms with Crippen LogP contribution in [0.25, 0.3) is 10.9 Å². The van der Waals surface area contributed by atoms with Crippen molar-refractivity contribution in [2.45, 2.75) is 29.9 Å². The summed E-state index contributed by atoms with van der Waals surface area (Å²) in [5.74, 6) is 2.36. The van der Waals surface area contributed by atoms with Gasteiger partial charge in [0.2, 0.25) is 16.0 Å². The highest BCUT2D eigenvalue weighted by atomic mass is 35.5. The van der Waals surface area contributed by atoms with Crippen molar-refractivity contribution in [3.8, 4) is 0 Å². The first-order chi connectivity index (χ1) is 15.7. The van der Waals surface area contributed by atoms with Crippen molar-refractivity contribution in [2.24, 2.45) is 11.8 Å². The maximum absolute atomic E-state index is 12.5. The number of aromatic nitrogens is 2. The third-order valence-electron chi connectivity index (χ3n) is 5.97. The minimum Gasteiger partial charge on any atom is -0.362 e. The van der Waals surface area contributed by atoms with Crippen LogP contribution < -0.4 is 14.9 Å². The molecule has 4 rings (SSSR count). The first-order valence-electron chi connectivity index (χ1n) is 10.9. The quantitative estimate of drug-likeness (QED) is 0.415. The molecule has 1 fully saturated rings. The van der Waals surface area contributed by atoms with E-state index in [-0.39, 0.29) is 13.6 Å². The van der Waals surface area contributed by atoms with Crippen molar-refractivity contribution >= 4 is 67.2 Å². The van der Waals surface area contributed by atoms with Gasteiger partial charge >= 0.3 is 0 Å². The molecule has 11 heteroatoms. The van der Waals surface area contributed by atoms with Gasteiger partial charge in [0.15, 0.2) is 0 Å². The van der Waals surface area contributed by atoms with E-state index in [2.05, 4.69) is 15.0 Å². The Balaban J connectivity index is 1.28. The molecule has 1 aliphatic rings. The summed E-state index contributed by atoms with van der Waals surface area (Å²) in [5.41, 5.74) is 0.919. The zero-order valence-electron chi connectivity index (χ0n) is 18.5. The van der Waals surface area contributed by atoms with Gasteiger partial charge in [-0.3, -0.25) is 0 Å². The Kier molecular flexibility index (Phi) is 7.65. The number of thiophene rings is 1. The number of halogens is 2. The Morgan fingerprint density at radius 3 is 2.36 bits per heavy atom. The normalized spacial score (nSPS) is 19.0. The largest absolute Gasteiger partial charge is 0.362 e. The number of hydrogen-bond donors (Lipinski definition) is 2. The topological polar surface area (TPSA) is 87.2 Å². The lowest BCUT2D eigenvalue weighted by molar-refractivity contribution is 0.284. The number of nitrogens with zero attached hydrogens (tertiary/aromatic N) is 3. The molecule has 1 aliphatic carbocycles. The zero-order chi connectivity index (χ0) is 23.6. The van der Waals surface area contributed by atoms with Crippen LogP contribution in [0, 0.1) is 11.8 Å². The fourth-order valence-electron chi connectivity index (χ4n) is 4.11. The lowest BCUT2D eigenvalue weighted by Crippen LogP contribution is -2.32. The van der Waals surface area contributed by atoms with Gasteiger partial charge in [-0.1, -0.05) is 35.3 Å². The highest BCUT2D eigenvalue weighted by Gasteiger charge is 2.25. The molecule has 178 valence electrons. The molecule has 33 heavy (non-hydrogen) atoms. The molecule has 0 unspecified atom stereocenters. The standard InChI is InChI=1S/C22H27Cl2N5O2S2/c1-29(2)21-16-5-3-4-6-18(16)27-22(28-21)25-12-14-7-9-15(10-8-14)13-26-33(30,31)19-11-17(23)20(24)32-19/h3-6,11,14-15,26H,7-10,12-13H2,1-2H3,(H,25,27,28). The maximum atomic E-state index is 12.5. The molecule has 0 aliphatic heterocycles. The minimum atomic E-state index is -3.58. The summed E-state index contributed by atoms with van der Waals surface area (Å²) >= 11 is 12.8. The van der Waals surface area contributed by atoms with Crippen LogP contribution in [0.4, 0.5) is 11.8 Å².